The van der Waals surface area contributed by atoms with Crippen LogP contribution in [-0.2, 0) is 4.74 Å². The van der Waals surface area contributed by atoms with Crippen LogP contribution in [-0.4, -0.2) is 39.9 Å². The Balaban J connectivity index is 2.54. The number of hydrogen-bond acceptors (Lipinski definition) is 4. The third-order valence-corrected chi connectivity index (χ3v) is 1.48. The van der Waals surface area contributed by atoms with Gasteiger partial charge in [-0.05, 0) is 6.92 Å². The molecule has 0 bridgehead atoms. The lowest BCUT2D eigenvalue weighted by Gasteiger charge is -2.07. The van der Waals surface area contributed by atoms with Crippen LogP contribution in [0.5, 0.6) is 0 Å². The molecule has 4 heteroatoms. The minimum atomic E-state index is -1.23. The van der Waals surface area contributed by atoms with Crippen LogP contribution in [0.2, 0.25) is 0 Å². The molecule has 1 fully saturated rings. The van der Waals surface area contributed by atoms with Gasteiger partial charge in [0.15, 0.2) is 6.29 Å². The van der Waals surface area contributed by atoms with Crippen LogP contribution < -0.4 is 0 Å². The fourth-order valence-corrected chi connectivity index (χ4v) is 0.827. The van der Waals surface area contributed by atoms with E-state index in [9.17, 15) is 0 Å². The maximum absolute atomic E-state index is 8.90. The Labute approximate surface area is 52.7 Å². The first-order valence-corrected chi connectivity index (χ1v) is 2.82. The monoisotopic (exact) mass is 134 g/mol. The average Bonchev–Trinajstić information content (AvgIpc) is 1.98. The van der Waals surface area contributed by atoms with E-state index in [2.05, 4.69) is 4.74 Å². The predicted molar refractivity (Wildman–Crippen MR) is 28.6 cm³/mol. The lowest BCUT2D eigenvalue weighted by molar-refractivity contribution is -0.124. The fraction of sp³-hybridized carbons (Fsp3) is 1.00. The van der Waals surface area contributed by atoms with Gasteiger partial charge in [-0.1, -0.05) is 0 Å². The molecule has 0 spiro atoms. The molecule has 0 saturated carbocycles. The van der Waals surface area contributed by atoms with Crippen LogP contribution in [0.3, 0.4) is 0 Å². The molecule has 9 heavy (non-hydrogen) atoms. The van der Waals surface area contributed by atoms with Crippen molar-refractivity contribution >= 4 is 0 Å². The van der Waals surface area contributed by atoms with E-state index in [1.54, 1.807) is 6.92 Å². The summed E-state index contributed by atoms with van der Waals surface area (Å²) in [7, 11) is 0. The molecule has 0 aliphatic carbocycles. The second-order valence-electron chi connectivity index (χ2n) is 2.21. The van der Waals surface area contributed by atoms with E-state index in [0.29, 0.717) is 0 Å². The van der Waals surface area contributed by atoms with E-state index in [-0.39, 0.29) is 0 Å². The summed E-state index contributed by atoms with van der Waals surface area (Å²) in [5, 5.41) is 26.4. The van der Waals surface area contributed by atoms with Crippen LogP contribution in [0, 0.1) is 0 Å². The van der Waals surface area contributed by atoms with Crippen LogP contribution in [0.15, 0.2) is 0 Å². The molecule has 4 nitrogen and oxygen atoms in total. The first kappa shape index (κ1) is 6.95. The van der Waals surface area contributed by atoms with Crippen molar-refractivity contribution in [2.75, 3.05) is 0 Å². The zero-order valence-corrected chi connectivity index (χ0v) is 5.06. The Bertz CT molecular complexity index is 93.1. The fourth-order valence-electron chi connectivity index (χ4n) is 0.827. The Morgan fingerprint density at radius 3 is 1.78 bits per heavy atom. The molecule has 1 rings (SSSR count). The highest BCUT2D eigenvalue weighted by Gasteiger charge is 2.38. The van der Waals surface area contributed by atoms with Crippen LogP contribution in [0.4, 0.5) is 0 Å². The number of rotatable bonds is 0. The molecule has 0 aromatic rings. The third-order valence-electron chi connectivity index (χ3n) is 1.48. The molecule has 0 aromatic carbocycles. The van der Waals surface area contributed by atoms with Crippen molar-refractivity contribution in [1.29, 1.82) is 0 Å². The summed E-state index contributed by atoms with van der Waals surface area (Å²) in [4.78, 5) is 0. The van der Waals surface area contributed by atoms with Crippen molar-refractivity contribution in [3.8, 4) is 0 Å². The van der Waals surface area contributed by atoms with E-state index in [4.69, 9.17) is 15.3 Å². The largest absolute Gasteiger partial charge is 0.388 e. The van der Waals surface area contributed by atoms with Gasteiger partial charge in [-0.15, -0.1) is 0 Å². The van der Waals surface area contributed by atoms with Crippen LogP contribution in [0.1, 0.15) is 6.92 Å². The van der Waals surface area contributed by atoms with E-state index in [1.165, 1.54) is 0 Å². The van der Waals surface area contributed by atoms with Gasteiger partial charge in [0.05, 0.1) is 6.10 Å². The second kappa shape index (κ2) is 2.22. The maximum Gasteiger partial charge on any atom is 0.183 e. The van der Waals surface area contributed by atoms with Crippen molar-refractivity contribution in [3.63, 3.8) is 0 Å². The van der Waals surface area contributed by atoms with Gasteiger partial charge in [0.1, 0.15) is 12.2 Å². The first-order chi connectivity index (χ1) is 4.13. The zero-order valence-electron chi connectivity index (χ0n) is 5.06. The van der Waals surface area contributed by atoms with E-state index < -0.39 is 24.6 Å². The molecule has 54 valence electrons. The highest BCUT2D eigenvalue weighted by molar-refractivity contribution is 4.82. The molecule has 0 radical (unpaired) electrons. The first-order valence-electron chi connectivity index (χ1n) is 2.82. The molecule has 1 aliphatic heterocycles. The number of aliphatic hydroxyl groups excluding tert-OH is 3. The number of hydrogen-bond donors (Lipinski definition) is 3. The smallest absolute Gasteiger partial charge is 0.183 e. The van der Waals surface area contributed by atoms with Crippen molar-refractivity contribution in [2.24, 2.45) is 0 Å². The normalized spacial score (nSPS) is 52.0. The minimum Gasteiger partial charge on any atom is -0.388 e. The Hall–Kier alpha value is -0.160. The van der Waals surface area contributed by atoms with Gasteiger partial charge in [0.25, 0.3) is 0 Å². The summed E-state index contributed by atoms with van der Waals surface area (Å²) in [6.45, 7) is 1.59. The molecule has 3 N–H and O–H groups in total. The average molecular weight is 134 g/mol. The van der Waals surface area contributed by atoms with E-state index in [1.807, 2.05) is 0 Å². The van der Waals surface area contributed by atoms with Crippen molar-refractivity contribution in [3.05, 3.63) is 0 Å². The SMILES string of the molecule is C[C@H]1O[C@H](O)[C@@H](O)[C@H]1O. The number of aliphatic hydroxyl groups is 3. The van der Waals surface area contributed by atoms with Crippen LogP contribution >= 0.6 is 0 Å². The van der Waals surface area contributed by atoms with Gasteiger partial charge in [-0.3, -0.25) is 0 Å². The van der Waals surface area contributed by atoms with Gasteiger partial charge in [0, 0.05) is 0 Å². The third kappa shape index (κ3) is 1.07. The molecule has 1 aliphatic rings. The molecular weight excluding hydrogens is 124 g/mol. The lowest BCUT2D eigenvalue weighted by Crippen LogP contribution is -2.31. The second-order valence-corrected chi connectivity index (χ2v) is 2.21. The highest BCUT2D eigenvalue weighted by Crippen LogP contribution is 2.18. The Morgan fingerprint density at radius 2 is 1.67 bits per heavy atom. The topological polar surface area (TPSA) is 69.9 Å². The highest BCUT2D eigenvalue weighted by atomic mass is 16.6. The Morgan fingerprint density at radius 1 is 1.11 bits per heavy atom. The molecule has 1 saturated heterocycles. The van der Waals surface area contributed by atoms with Gasteiger partial charge in [-0.2, -0.15) is 0 Å². The summed E-state index contributed by atoms with van der Waals surface area (Å²) in [6.07, 6.45) is -3.81. The molecular formula is C5H10O4. The predicted octanol–water partition coefficient (Wildman–Crippen LogP) is -1.55. The standard InChI is InChI=1S/C5H10O4/c1-2-3(6)4(7)5(8)9-2/h2-8H,1H3/t2-,3+,4+,5+/m1/s1. The van der Waals surface area contributed by atoms with Crippen LogP contribution in [0.25, 0.3) is 0 Å². The quantitative estimate of drug-likeness (QED) is 0.375. The summed E-state index contributed by atoms with van der Waals surface area (Å²) >= 11 is 0. The molecule has 4 atom stereocenters. The van der Waals surface area contributed by atoms with Crippen molar-refractivity contribution in [2.45, 2.75) is 31.5 Å². The number of ether oxygens (including phenoxy) is 1. The zero-order chi connectivity index (χ0) is 7.02. The maximum atomic E-state index is 8.90. The summed E-state index contributed by atoms with van der Waals surface area (Å²) in [6, 6.07) is 0. The van der Waals surface area contributed by atoms with Gasteiger partial charge in [-0.25, -0.2) is 0 Å². The van der Waals surface area contributed by atoms with Gasteiger partial charge >= 0.3 is 0 Å². The molecule has 0 amide bonds. The summed E-state index contributed by atoms with van der Waals surface area (Å²) in [5.74, 6) is 0. The molecule has 0 aromatic heterocycles. The summed E-state index contributed by atoms with van der Waals surface area (Å²) in [5.41, 5.74) is 0. The minimum absolute atomic E-state index is 0.477. The van der Waals surface area contributed by atoms with Gasteiger partial charge < -0.3 is 20.1 Å². The molecule has 0 unspecified atom stereocenters. The Kier molecular flexibility index (Phi) is 1.72. The van der Waals surface area contributed by atoms with Crippen molar-refractivity contribution < 1.29 is 20.1 Å². The van der Waals surface area contributed by atoms with E-state index in [0.717, 1.165) is 0 Å². The van der Waals surface area contributed by atoms with E-state index >= 15 is 0 Å². The lowest BCUT2D eigenvalue weighted by atomic mass is 10.2. The van der Waals surface area contributed by atoms with Gasteiger partial charge in [0.2, 0.25) is 0 Å². The summed E-state index contributed by atoms with van der Waals surface area (Å²) < 4.78 is 4.64. The molecule has 1 heterocycles. The van der Waals surface area contributed by atoms with Crippen molar-refractivity contribution in [1.82, 2.24) is 0 Å².